The Hall–Kier alpha value is -2.58. The maximum absolute atomic E-state index is 13.4. The molecular weight excluding hydrogens is 373 g/mol. The van der Waals surface area contributed by atoms with E-state index in [0.29, 0.717) is 6.42 Å². The molecule has 0 radical (unpaired) electrons. The molecule has 5 nitrogen and oxygen atoms in total. The summed E-state index contributed by atoms with van der Waals surface area (Å²) in [7, 11) is 0. The molecule has 1 aliphatic heterocycles. The van der Waals surface area contributed by atoms with Gasteiger partial charge in [-0.2, -0.15) is 13.2 Å². The standard InChI is InChI=1S/C20H19F3N2O3/c1-2-27-17-9-6-11(10-15(17)20(21,22)23)19-24-18(25-28-19)14-5-3-4-13-12(14)7-8-16(13)26/h3-6,9-10,16,18,25-26H,2,7-8H2,1H3. The minimum absolute atomic E-state index is 0.0784. The summed E-state index contributed by atoms with van der Waals surface area (Å²) in [5.74, 6) is -0.147. The Morgan fingerprint density at radius 1 is 1.25 bits per heavy atom. The lowest BCUT2D eigenvalue weighted by atomic mass is 10.0. The minimum Gasteiger partial charge on any atom is -0.493 e. The molecule has 2 unspecified atom stereocenters. The van der Waals surface area contributed by atoms with Crippen molar-refractivity contribution in [1.29, 1.82) is 0 Å². The lowest BCUT2D eigenvalue weighted by Crippen LogP contribution is -2.16. The van der Waals surface area contributed by atoms with Crippen LogP contribution < -0.4 is 10.2 Å². The number of aliphatic imine (C=N–C) groups is 1. The van der Waals surface area contributed by atoms with Gasteiger partial charge in [0.1, 0.15) is 5.75 Å². The molecule has 4 rings (SSSR count). The average Bonchev–Trinajstić information content (AvgIpc) is 3.29. The van der Waals surface area contributed by atoms with Crippen LogP contribution >= 0.6 is 0 Å². The molecule has 0 aromatic heterocycles. The predicted octanol–water partition coefficient (Wildman–Crippen LogP) is 4.06. The SMILES string of the molecule is CCOc1ccc(C2=NC(c3cccc4c3CCC4O)NO2)cc1C(F)(F)F. The quantitative estimate of drug-likeness (QED) is 0.824. The molecule has 0 saturated carbocycles. The molecule has 2 N–H and O–H groups in total. The van der Waals surface area contributed by atoms with Gasteiger partial charge in [-0.05, 0) is 54.7 Å². The molecule has 0 spiro atoms. The number of nitrogens with zero attached hydrogens (tertiary/aromatic N) is 1. The smallest absolute Gasteiger partial charge is 0.419 e. The van der Waals surface area contributed by atoms with Crippen molar-refractivity contribution in [1.82, 2.24) is 5.48 Å². The fourth-order valence-corrected chi connectivity index (χ4v) is 3.63. The number of halogens is 3. The van der Waals surface area contributed by atoms with Crippen LogP contribution in [0.15, 0.2) is 41.4 Å². The highest BCUT2D eigenvalue weighted by Gasteiger charge is 2.36. The Labute approximate surface area is 159 Å². The highest BCUT2D eigenvalue weighted by atomic mass is 19.4. The summed E-state index contributed by atoms with van der Waals surface area (Å²) in [4.78, 5) is 9.81. The molecule has 0 saturated heterocycles. The van der Waals surface area contributed by atoms with E-state index in [2.05, 4.69) is 10.5 Å². The Balaban J connectivity index is 1.67. The third-order valence-corrected chi connectivity index (χ3v) is 4.92. The topological polar surface area (TPSA) is 63.1 Å². The van der Waals surface area contributed by atoms with Gasteiger partial charge in [0.15, 0.2) is 6.17 Å². The zero-order chi connectivity index (χ0) is 19.9. The van der Waals surface area contributed by atoms with Crippen LogP contribution in [0.5, 0.6) is 5.75 Å². The highest BCUT2D eigenvalue weighted by Crippen LogP contribution is 2.39. The Morgan fingerprint density at radius 2 is 2.04 bits per heavy atom. The summed E-state index contributed by atoms with van der Waals surface area (Å²) < 4.78 is 45.2. The number of hydrogen-bond acceptors (Lipinski definition) is 5. The lowest BCUT2D eigenvalue weighted by molar-refractivity contribution is -0.138. The van der Waals surface area contributed by atoms with Crippen molar-refractivity contribution >= 4 is 5.90 Å². The van der Waals surface area contributed by atoms with Crippen LogP contribution in [-0.2, 0) is 17.4 Å². The highest BCUT2D eigenvalue weighted by molar-refractivity contribution is 5.95. The molecule has 2 aromatic rings. The van der Waals surface area contributed by atoms with Crippen molar-refractivity contribution in [2.75, 3.05) is 6.61 Å². The van der Waals surface area contributed by atoms with Crippen LogP contribution in [0, 0.1) is 0 Å². The first-order valence-corrected chi connectivity index (χ1v) is 9.02. The number of nitrogens with one attached hydrogen (secondary N) is 1. The van der Waals surface area contributed by atoms with Crippen molar-refractivity contribution < 1.29 is 27.9 Å². The van der Waals surface area contributed by atoms with Gasteiger partial charge in [-0.1, -0.05) is 18.2 Å². The second kappa shape index (κ2) is 7.10. The van der Waals surface area contributed by atoms with Crippen LogP contribution in [0.3, 0.4) is 0 Å². The first-order chi connectivity index (χ1) is 13.4. The Morgan fingerprint density at radius 3 is 2.79 bits per heavy atom. The van der Waals surface area contributed by atoms with Crippen molar-refractivity contribution in [3.05, 3.63) is 64.2 Å². The molecule has 1 aliphatic carbocycles. The zero-order valence-corrected chi connectivity index (χ0v) is 15.1. The molecule has 0 amide bonds. The van der Waals surface area contributed by atoms with E-state index < -0.39 is 24.0 Å². The summed E-state index contributed by atoms with van der Waals surface area (Å²) in [6.45, 7) is 1.76. The molecule has 1 heterocycles. The van der Waals surface area contributed by atoms with E-state index in [4.69, 9.17) is 9.57 Å². The van der Waals surface area contributed by atoms with Gasteiger partial charge in [0.2, 0.25) is 5.90 Å². The van der Waals surface area contributed by atoms with E-state index in [-0.39, 0.29) is 23.8 Å². The Kier molecular flexibility index (Phi) is 4.76. The first kappa shape index (κ1) is 18.8. The maximum atomic E-state index is 13.4. The molecule has 2 aromatic carbocycles. The van der Waals surface area contributed by atoms with E-state index in [1.165, 1.54) is 12.1 Å². The molecular formula is C20H19F3N2O3. The number of hydroxylamine groups is 1. The molecule has 8 heteroatoms. The van der Waals surface area contributed by atoms with Crippen molar-refractivity contribution in [3.8, 4) is 5.75 Å². The third kappa shape index (κ3) is 3.33. The fraction of sp³-hybridized carbons (Fsp3) is 0.350. The summed E-state index contributed by atoms with van der Waals surface area (Å²) in [6.07, 6.45) is -4.23. The van der Waals surface area contributed by atoms with Gasteiger partial charge < -0.3 is 14.7 Å². The average molecular weight is 392 g/mol. The fourth-order valence-electron chi connectivity index (χ4n) is 3.63. The first-order valence-electron chi connectivity index (χ1n) is 9.02. The molecule has 0 fully saturated rings. The Bertz CT molecular complexity index is 927. The minimum atomic E-state index is -4.55. The van der Waals surface area contributed by atoms with Crippen molar-refractivity contribution in [3.63, 3.8) is 0 Å². The van der Waals surface area contributed by atoms with Crippen LogP contribution in [0.2, 0.25) is 0 Å². The lowest BCUT2D eigenvalue weighted by Gasteiger charge is -2.14. The van der Waals surface area contributed by atoms with Crippen molar-refractivity contribution in [2.24, 2.45) is 4.99 Å². The number of alkyl halides is 3. The third-order valence-electron chi connectivity index (χ3n) is 4.92. The second-order valence-corrected chi connectivity index (χ2v) is 6.67. The zero-order valence-electron chi connectivity index (χ0n) is 15.1. The summed E-state index contributed by atoms with van der Waals surface area (Å²) in [6, 6.07) is 9.33. The van der Waals surface area contributed by atoms with Gasteiger partial charge in [-0.15, -0.1) is 5.48 Å². The molecule has 148 valence electrons. The van der Waals surface area contributed by atoms with Crippen LogP contribution in [-0.4, -0.2) is 17.6 Å². The second-order valence-electron chi connectivity index (χ2n) is 6.67. The van der Waals surface area contributed by atoms with E-state index in [0.717, 1.165) is 29.2 Å². The monoisotopic (exact) mass is 392 g/mol. The maximum Gasteiger partial charge on any atom is 0.419 e. The van der Waals surface area contributed by atoms with Gasteiger partial charge in [0, 0.05) is 5.56 Å². The number of aliphatic hydroxyl groups excluding tert-OH is 1. The van der Waals surface area contributed by atoms with Crippen LogP contribution in [0.1, 0.15) is 53.4 Å². The van der Waals surface area contributed by atoms with Gasteiger partial charge >= 0.3 is 6.18 Å². The number of hydrogen-bond donors (Lipinski definition) is 2. The molecule has 2 atom stereocenters. The van der Waals surface area contributed by atoms with Gasteiger partial charge in [-0.3, -0.25) is 0 Å². The summed E-state index contributed by atoms with van der Waals surface area (Å²) in [5, 5.41) is 10.0. The number of aliphatic hydroxyl groups is 1. The van der Waals surface area contributed by atoms with Crippen molar-refractivity contribution in [2.45, 2.75) is 38.2 Å². The number of rotatable bonds is 4. The normalized spacial score (nSPS) is 21.2. The summed E-state index contributed by atoms with van der Waals surface area (Å²) in [5.41, 5.74) is 4.82. The van der Waals surface area contributed by atoms with Gasteiger partial charge in [0.25, 0.3) is 0 Å². The molecule has 0 bridgehead atoms. The predicted molar refractivity (Wildman–Crippen MR) is 95.8 cm³/mol. The number of ether oxygens (including phenoxy) is 1. The summed E-state index contributed by atoms with van der Waals surface area (Å²) >= 11 is 0. The van der Waals surface area contributed by atoms with E-state index in [1.807, 2.05) is 18.2 Å². The van der Waals surface area contributed by atoms with E-state index in [9.17, 15) is 18.3 Å². The van der Waals surface area contributed by atoms with Crippen LogP contribution in [0.4, 0.5) is 13.2 Å². The van der Waals surface area contributed by atoms with Gasteiger partial charge in [-0.25, -0.2) is 4.99 Å². The van der Waals surface area contributed by atoms with E-state index >= 15 is 0 Å². The molecule has 2 aliphatic rings. The van der Waals surface area contributed by atoms with E-state index in [1.54, 1.807) is 6.92 Å². The molecule has 28 heavy (non-hydrogen) atoms. The largest absolute Gasteiger partial charge is 0.493 e. The van der Waals surface area contributed by atoms with Crippen LogP contribution in [0.25, 0.3) is 0 Å². The number of benzene rings is 2. The number of fused-ring (bicyclic) bond motifs is 1. The van der Waals surface area contributed by atoms with Gasteiger partial charge in [0.05, 0.1) is 18.3 Å².